The molecule has 0 bridgehead atoms. The summed E-state index contributed by atoms with van der Waals surface area (Å²) in [5, 5.41) is 10.6. The molecule has 0 aliphatic heterocycles. The van der Waals surface area contributed by atoms with Gasteiger partial charge in [-0.2, -0.15) is 0 Å². The summed E-state index contributed by atoms with van der Waals surface area (Å²) in [5.41, 5.74) is 2.72. The molecule has 0 saturated carbocycles. The van der Waals surface area contributed by atoms with Crippen LogP contribution in [0, 0.1) is 0 Å². The number of thiazole rings is 1. The minimum Gasteiger partial charge on any atom is -0.504 e. The Labute approximate surface area is 172 Å². The molecule has 1 N–H and O–H groups in total. The molecule has 0 unspecified atom stereocenters. The maximum Gasteiger partial charge on any atom is 0.196 e. The van der Waals surface area contributed by atoms with Crippen LogP contribution in [0.4, 0.5) is 0 Å². The third kappa shape index (κ3) is 4.05. The van der Waals surface area contributed by atoms with Crippen molar-refractivity contribution in [2.45, 2.75) is 6.92 Å². The molecule has 5 heteroatoms. The molecule has 29 heavy (non-hydrogen) atoms. The van der Waals surface area contributed by atoms with Gasteiger partial charge in [-0.05, 0) is 42.8 Å². The highest BCUT2D eigenvalue weighted by Crippen LogP contribution is 2.33. The van der Waals surface area contributed by atoms with E-state index in [1.54, 1.807) is 36.4 Å². The van der Waals surface area contributed by atoms with Gasteiger partial charge in [0.2, 0.25) is 0 Å². The molecule has 0 amide bonds. The Balaban J connectivity index is 1.85. The molecule has 144 valence electrons. The third-order valence-electron chi connectivity index (χ3n) is 4.40. The first-order chi connectivity index (χ1) is 14.2. The predicted octanol–water partition coefficient (Wildman–Crippen LogP) is 5.82. The van der Waals surface area contributed by atoms with Crippen LogP contribution < -0.4 is 4.74 Å². The van der Waals surface area contributed by atoms with Crippen molar-refractivity contribution in [3.05, 3.63) is 88.9 Å². The van der Waals surface area contributed by atoms with Crippen molar-refractivity contribution < 1.29 is 14.6 Å². The van der Waals surface area contributed by atoms with Crippen molar-refractivity contribution >= 4 is 39.0 Å². The van der Waals surface area contributed by atoms with Crippen LogP contribution in [0.1, 0.15) is 27.9 Å². The molecular formula is C24H19NO3S. The maximum absolute atomic E-state index is 13.3. The van der Waals surface area contributed by atoms with Crippen molar-refractivity contribution in [3.63, 3.8) is 0 Å². The van der Waals surface area contributed by atoms with Gasteiger partial charge >= 0.3 is 0 Å². The summed E-state index contributed by atoms with van der Waals surface area (Å²) in [6.07, 6.45) is 1.80. The normalized spacial score (nSPS) is 11.6. The number of fused-ring (bicyclic) bond motifs is 1. The molecule has 0 fully saturated rings. The maximum atomic E-state index is 13.3. The van der Waals surface area contributed by atoms with Gasteiger partial charge in [-0.25, -0.2) is 4.98 Å². The molecule has 4 nitrogen and oxygen atoms in total. The Kier molecular flexibility index (Phi) is 5.40. The van der Waals surface area contributed by atoms with E-state index in [4.69, 9.17) is 4.74 Å². The van der Waals surface area contributed by atoms with E-state index in [0.717, 1.165) is 15.8 Å². The number of benzene rings is 3. The first-order valence-electron chi connectivity index (χ1n) is 9.29. The summed E-state index contributed by atoms with van der Waals surface area (Å²) in [5.74, 6) is 0.354. The van der Waals surface area contributed by atoms with E-state index in [-0.39, 0.29) is 11.5 Å². The van der Waals surface area contributed by atoms with Gasteiger partial charge in [0.15, 0.2) is 17.3 Å². The molecule has 0 radical (unpaired) electrons. The number of rotatable bonds is 6. The van der Waals surface area contributed by atoms with Crippen LogP contribution >= 0.6 is 11.3 Å². The van der Waals surface area contributed by atoms with E-state index < -0.39 is 0 Å². The minimum atomic E-state index is -0.101. The second-order valence-electron chi connectivity index (χ2n) is 6.40. The molecule has 0 saturated heterocycles. The van der Waals surface area contributed by atoms with Crippen molar-refractivity contribution in [2.75, 3.05) is 6.61 Å². The van der Waals surface area contributed by atoms with Gasteiger partial charge in [0.25, 0.3) is 0 Å². The predicted molar refractivity (Wildman–Crippen MR) is 118 cm³/mol. The van der Waals surface area contributed by atoms with Gasteiger partial charge in [0.05, 0.1) is 22.4 Å². The van der Waals surface area contributed by atoms with Crippen LogP contribution in [0.15, 0.2) is 72.8 Å². The molecule has 0 aliphatic rings. The largest absolute Gasteiger partial charge is 0.504 e. The Bertz CT molecular complexity index is 1160. The molecular weight excluding hydrogens is 382 g/mol. The summed E-state index contributed by atoms with van der Waals surface area (Å²) in [6.45, 7) is 2.29. The fourth-order valence-corrected chi connectivity index (χ4v) is 3.99. The molecule has 0 spiro atoms. The Morgan fingerprint density at radius 1 is 1.07 bits per heavy atom. The lowest BCUT2D eigenvalue weighted by Crippen LogP contribution is -2.02. The van der Waals surface area contributed by atoms with Gasteiger partial charge in [-0.1, -0.05) is 48.5 Å². The minimum absolute atomic E-state index is 0.0694. The number of Topliss-reactive ketones (excluding diaryl/α,β-unsaturated/α-hetero) is 1. The molecule has 3 aromatic carbocycles. The number of allylic oxidation sites excluding steroid dienone is 1. The number of carbonyl (C=O) groups is 1. The number of carbonyl (C=O) groups excluding carboxylic acids is 1. The lowest BCUT2D eigenvalue weighted by molar-refractivity contribution is 0.105. The molecule has 0 aliphatic carbocycles. The first-order valence-corrected chi connectivity index (χ1v) is 10.1. The molecule has 4 rings (SSSR count). The SMILES string of the molecule is CCOc1cc(/C=C(/C(=O)c2ccccc2)c2nc3ccccc3s2)ccc1O. The smallest absolute Gasteiger partial charge is 0.196 e. The van der Waals surface area contributed by atoms with E-state index >= 15 is 0 Å². The fraction of sp³-hybridized carbons (Fsp3) is 0.0833. The number of ether oxygens (including phenoxy) is 1. The Morgan fingerprint density at radius 2 is 1.83 bits per heavy atom. The lowest BCUT2D eigenvalue weighted by Gasteiger charge is -2.08. The highest BCUT2D eigenvalue weighted by atomic mass is 32.1. The number of nitrogens with zero attached hydrogens (tertiary/aromatic N) is 1. The number of hydrogen-bond donors (Lipinski definition) is 1. The van der Waals surface area contributed by atoms with Gasteiger partial charge < -0.3 is 9.84 Å². The number of para-hydroxylation sites is 1. The van der Waals surface area contributed by atoms with E-state index in [1.165, 1.54) is 11.3 Å². The summed E-state index contributed by atoms with van der Waals surface area (Å²) < 4.78 is 6.50. The van der Waals surface area contributed by atoms with E-state index in [2.05, 4.69) is 4.98 Å². The van der Waals surface area contributed by atoms with Crippen molar-refractivity contribution in [1.29, 1.82) is 0 Å². The molecule has 1 heterocycles. The fourth-order valence-electron chi connectivity index (χ4n) is 3.02. The van der Waals surface area contributed by atoms with Gasteiger partial charge in [0, 0.05) is 5.56 Å². The highest BCUT2D eigenvalue weighted by molar-refractivity contribution is 7.20. The number of aromatic nitrogens is 1. The van der Waals surface area contributed by atoms with Crippen molar-refractivity contribution in [1.82, 2.24) is 4.98 Å². The van der Waals surface area contributed by atoms with Crippen LogP contribution in [0.5, 0.6) is 11.5 Å². The van der Waals surface area contributed by atoms with Crippen LogP contribution in [0.2, 0.25) is 0 Å². The summed E-state index contributed by atoms with van der Waals surface area (Å²) in [7, 11) is 0. The van der Waals surface area contributed by atoms with Crippen molar-refractivity contribution in [3.8, 4) is 11.5 Å². The lowest BCUT2D eigenvalue weighted by atomic mass is 10.0. The number of hydrogen-bond acceptors (Lipinski definition) is 5. The zero-order valence-corrected chi connectivity index (χ0v) is 16.6. The van der Waals surface area contributed by atoms with Gasteiger partial charge in [0.1, 0.15) is 5.01 Å². The monoisotopic (exact) mass is 401 g/mol. The van der Waals surface area contributed by atoms with E-state index in [1.807, 2.05) is 49.4 Å². The van der Waals surface area contributed by atoms with Crippen LogP contribution in [0.25, 0.3) is 21.9 Å². The summed E-state index contributed by atoms with van der Waals surface area (Å²) in [4.78, 5) is 18.0. The molecule has 0 atom stereocenters. The zero-order valence-electron chi connectivity index (χ0n) is 15.8. The average Bonchev–Trinajstić information content (AvgIpc) is 3.18. The zero-order chi connectivity index (χ0) is 20.2. The van der Waals surface area contributed by atoms with Crippen LogP contribution in [0.3, 0.4) is 0 Å². The number of aromatic hydroxyl groups is 1. The van der Waals surface area contributed by atoms with Gasteiger partial charge in [-0.3, -0.25) is 4.79 Å². The summed E-state index contributed by atoms with van der Waals surface area (Å²) in [6, 6.07) is 22.0. The van der Waals surface area contributed by atoms with E-state index in [0.29, 0.717) is 28.5 Å². The van der Waals surface area contributed by atoms with Crippen molar-refractivity contribution in [2.24, 2.45) is 0 Å². The number of phenolic OH excluding ortho intramolecular Hbond substituents is 1. The number of ketones is 1. The third-order valence-corrected chi connectivity index (χ3v) is 5.47. The second-order valence-corrected chi connectivity index (χ2v) is 7.43. The Morgan fingerprint density at radius 3 is 2.59 bits per heavy atom. The molecule has 4 aromatic rings. The highest BCUT2D eigenvalue weighted by Gasteiger charge is 2.18. The van der Waals surface area contributed by atoms with Crippen LogP contribution in [-0.4, -0.2) is 22.5 Å². The Hall–Kier alpha value is -3.44. The first kappa shape index (κ1) is 18.9. The van der Waals surface area contributed by atoms with Crippen LogP contribution in [-0.2, 0) is 0 Å². The quantitative estimate of drug-likeness (QED) is 0.326. The topological polar surface area (TPSA) is 59.4 Å². The summed E-state index contributed by atoms with van der Waals surface area (Å²) >= 11 is 1.48. The average molecular weight is 401 g/mol. The number of phenols is 1. The second kappa shape index (κ2) is 8.29. The molecule has 1 aromatic heterocycles. The van der Waals surface area contributed by atoms with Gasteiger partial charge in [-0.15, -0.1) is 11.3 Å². The standard InChI is InChI=1S/C24H19NO3S/c1-2-28-21-15-16(12-13-20(21)26)14-18(23(27)17-8-4-3-5-9-17)24-25-19-10-6-7-11-22(19)29-24/h3-15,26H,2H2,1H3/b18-14-. The van der Waals surface area contributed by atoms with E-state index in [9.17, 15) is 9.90 Å².